The fourth-order valence-corrected chi connectivity index (χ4v) is 4.93. The number of carbonyl (C=O) groups excluding carboxylic acids is 2. The van der Waals surface area contributed by atoms with E-state index in [1.807, 2.05) is 23.1 Å². The van der Waals surface area contributed by atoms with Gasteiger partial charge in [-0.3, -0.25) is 4.79 Å². The van der Waals surface area contributed by atoms with Crippen LogP contribution in [0, 0.1) is 5.92 Å². The number of likely N-dealkylation sites (tertiary alicyclic amines) is 1. The highest BCUT2D eigenvalue weighted by atomic mass is 16.5. The van der Waals surface area contributed by atoms with Crippen LogP contribution < -0.4 is 0 Å². The van der Waals surface area contributed by atoms with Crippen LogP contribution in [0.3, 0.4) is 0 Å². The van der Waals surface area contributed by atoms with Gasteiger partial charge >= 0.3 is 5.97 Å². The minimum Gasteiger partial charge on any atom is -0.452 e. The molecule has 0 radical (unpaired) electrons. The summed E-state index contributed by atoms with van der Waals surface area (Å²) in [6.07, 6.45) is 10.4. The van der Waals surface area contributed by atoms with Crippen molar-refractivity contribution >= 4 is 11.9 Å². The molecule has 3 aliphatic rings. The maximum Gasteiger partial charge on any atom is 0.338 e. The summed E-state index contributed by atoms with van der Waals surface area (Å²) in [6, 6.07) is 6.16. The number of esters is 1. The van der Waals surface area contributed by atoms with Gasteiger partial charge in [-0.05, 0) is 74.1 Å². The van der Waals surface area contributed by atoms with Crippen molar-refractivity contribution < 1.29 is 14.3 Å². The summed E-state index contributed by atoms with van der Waals surface area (Å²) in [5.41, 5.74) is 3.16. The van der Waals surface area contributed by atoms with E-state index in [0.29, 0.717) is 17.5 Å². The van der Waals surface area contributed by atoms with Crippen molar-refractivity contribution in [1.29, 1.82) is 0 Å². The maximum absolute atomic E-state index is 12.6. The quantitative estimate of drug-likeness (QED) is 0.791. The van der Waals surface area contributed by atoms with Crippen molar-refractivity contribution in [3.05, 3.63) is 34.9 Å². The third-order valence-corrected chi connectivity index (χ3v) is 6.22. The van der Waals surface area contributed by atoms with Crippen LogP contribution in [0.25, 0.3) is 0 Å². The van der Waals surface area contributed by atoms with Crippen LogP contribution in [0.2, 0.25) is 0 Å². The summed E-state index contributed by atoms with van der Waals surface area (Å²) in [5, 5.41) is 0. The summed E-state index contributed by atoms with van der Waals surface area (Å²) in [6.45, 7) is 0.690. The molecule has 1 saturated heterocycles. The third kappa shape index (κ3) is 3.44. The van der Waals surface area contributed by atoms with Gasteiger partial charge in [0.1, 0.15) is 0 Å². The second kappa shape index (κ2) is 7.19. The zero-order chi connectivity index (χ0) is 17.2. The molecule has 0 aromatic heterocycles. The second-order valence-electron chi connectivity index (χ2n) is 7.75. The summed E-state index contributed by atoms with van der Waals surface area (Å²) in [4.78, 5) is 26.9. The Bertz CT molecular complexity index is 667. The van der Waals surface area contributed by atoms with Crippen molar-refractivity contribution in [2.45, 2.75) is 63.8 Å². The topological polar surface area (TPSA) is 46.6 Å². The number of carbonyl (C=O) groups is 2. The first kappa shape index (κ1) is 16.6. The smallest absolute Gasteiger partial charge is 0.338 e. The molecule has 4 heteroatoms. The van der Waals surface area contributed by atoms with Gasteiger partial charge in [0.05, 0.1) is 5.56 Å². The van der Waals surface area contributed by atoms with Crippen molar-refractivity contribution in [3.63, 3.8) is 0 Å². The first-order chi connectivity index (χ1) is 12.2. The molecule has 1 saturated carbocycles. The Kier molecular flexibility index (Phi) is 4.78. The van der Waals surface area contributed by atoms with E-state index < -0.39 is 0 Å². The Morgan fingerprint density at radius 2 is 1.80 bits per heavy atom. The number of piperidine rings is 1. The number of benzene rings is 1. The molecule has 0 bridgehead atoms. The van der Waals surface area contributed by atoms with Crippen LogP contribution in [0.1, 0.15) is 66.4 Å². The van der Waals surface area contributed by atoms with E-state index in [9.17, 15) is 9.59 Å². The standard InChI is InChI=1S/C21H27NO3/c23-20(22-12-4-8-16-5-1-2-9-19(16)22)14-25-21(24)18-11-10-15-6-3-7-17(15)13-18/h10-11,13,16,19H,1-9,12,14H2/t16-,19-/m0/s1. The first-order valence-corrected chi connectivity index (χ1v) is 9.81. The molecule has 4 rings (SSSR count). The van der Waals surface area contributed by atoms with Gasteiger partial charge in [0, 0.05) is 12.6 Å². The normalized spacial score (nSPS) is 25.2. The maximum atomic E-state index is 12.6. The van der Waals surface area contributed by atoms with Crippen LogP contribution in [0.4, 0.5) is 0 Å². The molecule has 1 heterocycles. The van der Waals surface area contributed by atoms with Crippen LogP contribution in [-0.4, -0.2) is 36.0 Å². The van der Waals surface area contributed by atoms with E-state index >= 15 is 0 Å². The largest absolute Gasteiger partial charge is 0.452 e. The lowest BCUT2D eigenvalue weighted by Gasteiger charge is -2.44. The average molecular weight is 341 g/mol. The first-order valence-electron chi connectivity index (χ1n) is 9.81. The predicted octanol–water partition coefficient (Wildman–Crippen LogP) is 3.51. The highest BCUT2D eigenvalue weighted by Crippen LogP contribution is 2.35. The molecular formula is C21H27NO3. The molecule has 25 heavy (non-hydrogen) atoms. The van der Waals surface area contributed by atoms with Crippen molar-refractivity contribution in [2.75, 3.05) is 13.2 Å². The zero-order valence-corrected chi connectivity index (χ0v) is 14.8. The molecule has 4 nitrogen and oxygen atoms in total. The molecular weight excluding hydrogens is 314 g/mol. The molecule has 0 spiro atoms. The SMILES string of the molecule is O=C(OCC(=O)N1CCC[C@@H]2CCCC[C@@H]21)c1ccc2c(c1)CCC2. The number of nitrogens with zero attached hydrogens (tertiary/aromatic N) is 1. The Morgan fingerprint density at radius 3 is 2.72 bits per heavy atom. The van der Waals surface area contributed by atoms with E-state index in [4.69, 9.17) is 4.74 Å². The van der Waals surface area contributed by atoms with Gasteiger partial charge in [-0.2, -0.15) is 0 Å². The Labute approximate surface area is 149 Å². The molecule has 1 aliphatic heterocycles. The number of hydrogen-bond acceptors (Lipinski definition) is 3. The number of rotatable bonds is 3. The van der Waals surface area contributed by atoms with E-state index in [2.05, 4.69) is 0 Å². The van der Waals surface area contributed by atoms with Crippen molar-refractivity contribution in [3.8, 4) is 0 Å². The van der Waals surface area contributed by atoms with Crippen LogP contribution >= 0.6 is 0 Å². The molecule has 0 unspecified atom stereocenters. The predicted molar refractivity (Wildman–Crippen MR) is 95.4 cm³/mol. The zero-order valence-electron chi connectivity index (χ0n) is 14.8. The minimum atomic E-state index is -0.375. The lowest BCUT2D eigenvalue weighted by Crippen LogP contribution is -2.50. The van der Waals surface area contributed by atoms with Gasteiger partial charge in [-0.25, -0.2) is 4.79 Å². The highest BCUT2D eigenvalue weighted by Gasteiger charge is 2.35. The number of hydrogen-bond donors (Lipinski definition) is 0. The Morgan fingerprint density at radius 1 is 1.00 bits per heavy atom. The summed E-state index contributed by atoms with van der Waals surface area (Å²) in [5.74, 6) is 0.255. The monoisotopic (exact) mass is 341 g/mol. The number of ether oxygens (including phenoxy) is 1. The van der Waals surface area contributed by atoms with Crippen LogP contribution in [0.5, 0.6) is 0 Å². The van der Waals surface area contributed by atoms with E-state index in [1.165, 1.54) is 36.8 Å². The van der Waals surface area contributed by atoms with Crippen LogP contribution in [0.15, 0.2) is 18.2 Å². The van der Waals surface area contributed by atoms with Crippen molar-refractivity contribution in [1.82, 2.24) is 4.90 Å². The molecule has 0 N–H and O–H groups in total. The third-order valence-electron chi connectivity index (χ3n) is 6.22. The number of amides is 1. The Balaban J connectivity index is 1.35. The van der Waals surface area contributed by atoms with Gasteiger partial charge in [-0.1, -0.05) is 18.9 Å². The highest BCUT2D eigenvalue weighted by molar-refractivity contribution is 5.91. The number of aryl methyl sites for hydroxylation is 2. The fourth-order valence-electron chi connectivity index (χ4n) is 4.93. The van der Waals surface area contributed by atoms with Gasteiger partial charge in [0.15, 0.2) is 6.61 Å². The minimum absolute atomic E-state index is 0.0221. The fraction of sp³-hybridized carbons (Fsp3) is 0.619. The summed E-state index contributed by atoms with van der Waals surface area (Å²) in [7, 11) is 0. The molecule has 2 aliphatic carbocycles. The molecule has 1 amide bonds. The summed E-state index contributed by atoms with van der Waals surface area (Å²) >= 11 is 0. The van der Waals surface area contributed by atoms with Gasteiger partial charge in [0.2, 0.25) is 0 Å². The lowest BCUT2D eigenvalue weighted by molar-refractivity contribution is -0.140. The molecule has 134 valence electrons. The Hall–Kier alpha value is -1.84. The molecule has 1 aromatic carbocycles. The van der Waals surface area contributed by atoms with Crippen molar-refractivity contribution in [2.24, 2.45) is 5.92 Å². The van der Waals surface area contributed by atoms with E-state index in [0.717, 1.165) is 38.6 Å². The van der Waals surface area contributed by atoms with Gasteiger partial charge in [-0.15, -0.1) is 0 Å². The van der Waals surface area contributed by atoms with Crippen LogP contribution in [-0.2, 0) is 22.4 Å². The second-order valence-corrected chi connectivity index (χ2v) is 7.75. The molecule has 1 aromatic rings. The van der Waals surface area contributed by atoms with E-state index in [1.54, 1.807) is 0 Å². The average Bonchev–Trinajstić information content (AvgIpc) is 3.13. The molecule has 2 fully saturated rings. The lowest BCUT2D eigenvalue weighted by atomic mass is 9.78. The van der Waals surface area contributed by atoms with E-state index in [-0.39, 0.29) is 18.5 Å². The molecule has 2 atom stereocenters. The number of fused-ring (bicyclic) bond motifs is 2. The summed E-state index contributed by atoms with van der Waals surface area (Å²) < 4.78 is 5.35. The van der Waals surface area contributed by atoms with Gasteiger partial charge in [0.25, 0.3) is 5.91 Å². The van der Waals surface area contributed by atoms with Gasteiger partial charge < -0.3 is 9.64 Å².